The minimum Gasteiger partial charge on any atom is -0.328 e. The van der Waals surface area contributed by atoms with Crippen molar-refractivity contribution in [3.8, 4) is 0 Å². The third kappa shape index (κ3) is 3.98. The molecule has 11 heteroatoms. The highest BCUT2D eigenvalue weighted by atomic mass is 35.5. The maximum Gasteiger partial charge on any atom is 0.453 e. The third-order valence-electron chi connectivity index (χ3n) is 4.65. The molecule has 31 heavy (non-hydrogen) atoms. The van der Waals surface area contributed by atoms with Gasteiger partial charge in [-0.3, -0.25) is 4.79 Å². The number of halogens is 5. The molecule has 4 rings (SSSR count). The van der Waals surface area contributed by atoms with Crippen LogP contribution in [-0.2, 0) is 11.0 Å². The lowest BCUT2D eigenvalue weighted by atomic mass is 9.94. The van der Waals surface area contributed by atoms with Crippen LogP contribution in [-0.4, -0.2) is 20.7 Å². The molecule has 1 amide bonds. The average molecular weight is 452 g/mol. The molecule has 0 fully saturated rings. The molecule has 160 valence electrons. The van der Waals surface area contributed by atoms with E-state index in [-0.39, 0.29) is 22.8 Å². The second-order valence-electron chi connectivity index (χ2n) is 6.75. The molecule has 0 bridgehead atoms. The van der Waals surface area contributed by atoms with Crippen LogP contribution in [0.1, 0.15) is 24.4 Å². The number of hydrogen-bond donors (Lipinski definition) is 2. The van der Waals surface area contributed by atoms with Crippen molar-refractivity contribution in [3.63, 3.8) is 0 Å². The van der Waals surface area contributed by atoms with Crippen molar-refractivity contribution in [2.24, 2.45) is 0 Å². The lowest BCUT2D eigenvalue weighted by molar-refractivity contribution is -0.145. The SMILES string of the molecule is CC1=C(C(=O)Nc2ccc(Cl)cc2)[C@H](c2ccccc2F)n2nc(C(F)(F)F)nc2N1. The molecule has 0 spiro atoms. The van der Waals surface area contributed by atoms with E-state index in [1.165, 1.54) is 25.1 Å². The van der Waals surface area contributed by atoms with E-state index in [1.54, 1.807) is 24.3 Å². The standard InChI is InChI=1S/C20H14ClF4N5O/c1-10-15(17(31)27-12-8-6-11(21)7-9-12)16(13-4-2-3-5-14(13)22)30-19(26-10)28-18(29-30)20(23,24)25/h2-9,16H,1H3,(H,27,31)(H,26,28,29)/t16-/m0/s1. The Hall–Kier alpha value is -3.40. The van der Waals surface area contributed by atoms with Crippen LogP contribution < -0.4 is 10.6 Å². The zero-order chi connectivity index (χ0) is 22.3. The number of hydrogen-bond acceptors (Lipinski definition) is 4. The smallest absolute Gasteiger partial charge is 0.328 e. The van der Waals surface area contributed by atoms with E-state index in [9.17, 15) is 22.4 Å². The summed E-state index contributed by atoms with van der Waals surface area (Å²) in [6.45, 7) is 1.50. The van der Waals surface area contributed by atoms with Gasteiger partial charge in [0.15, 0.2) is 0 Å². The van der Waals surface area contributed by atoms with Gasteiger partial charge in [-0.25, -0.2) is 9.07 Å². The molecule has 2 N–H and O–H groups in total. The van der Waals surface area contributed by atoms with Crippen LogP contribution in [0.15, 0.2) is 59.8 Å². The van der Waals surface area contributed by atoms with Crippen LogP contribution in [0, 0.1) is 5.82 Å². The van der Waals surface area contributed by atoms with Crippen LogP contribution in [0.4, 0.5) is 29.2 Å². The lowest BCUT2D eigenvalue weighted by Gasteiger charge is -2.28. The molecule has 1 aromatic heterocycles. The van der Waals surface area contributed by atoms with E-state index in [0.717, 1.165) is 10.7 Å². The summed E-state index contributed by atoms with van der Waals surface area (Å²) in [7, 11) is 0. The monoisotopic (exact) mass is 451 g/mol. The molecule has 0 saturated carbocycles. The first-order valence-electron chi connectivity index (χ1n) is 8.98. The molecule has 2 aromatic carbocycles. The van der Waals surface area contributed by atoms with Gasteiger partial charge in [0.1, 0.15) is 11.9 Å². The first-order chi connectivity index (χ1) is 14.6. The normalized spacial score (nSPS) is 16.0. The summed E-state index contributed by atoms with van der Waals surface area (Å²) < 4.78 is 55.2. The summed E-state index contributed by atoms with van der Waals surface area (Å²) >= 11 is 5.85. The van der Waals surface area contributed by atoms with Gasteiger partial charge in [0.25, 0.3) is 11.7 Å². The number of fused-ring (bicyclic) bond motifs is 1. The summed E-state index contributed by atoms with van der Waals surface area (Å²) in [5, 5.41) is 9.31. The molecule has 2 heterocycles. The Morgan fingerprint density at radius 1 is 1.16 bits per heavy atom. The molecule has 1 aliphatic rings. The van der Waals surface area contributed by atoms with Crippen molar-refractivity contribution in [1.82, 2.24) is 14.8 Å². The number of rotatable bonds is 3. The Kier molecular flexibility index (Phi) is 5.18. The van der Waals surface area contributed by atoms with Gasteiger partial charge in [-0.15, -0.1) is 5.10 Å². The third-order valence-corrected chi connectivity index (χ3v) is 4.90. The van der Waals surface area contributed by atoms with Crippen molar-refractivity contribution < 1.29 is 22.4 Å². The van der Waals surface area contributed by atoms with E-state index in [0.29, 0.717) is 10.7 Å². The minimum atomic E-state index is -4.81. The summed E-state index contributed by atoms with van der Waals surface area (Å²) in [5.41, 5.74) is 0.589. The number of amides is 1. The Bertz CT molecular complexity index is 1190. The van der Waals surface area contributed by atoms with Gasteiger partial charge >= 0.3 is 6.18 Å². The van der Waals surface area contributed by atoms with E-state index < -0.39 is 29.8 Å². The van der Waals surface area contributed by atoms with Gasteiger partial charge in [-0.2, -0.15) is 18.2 Å². The number of carbonyl (C=O) groups excluding carboxylic acids is 1. The zero-order valence-electron chi connectivity index (χ0n) is 15.8. The van der Waals surface area contributed by atoms with E-state index >= 15 is 0 Å². The molecular formula is C20H14ClF4N5O. The first kappa shape index (κ1) is 20.9. The molecule has 1 atom stereocenters. The van der Waals surface area contributed by atoms with Crippen LogP contribution in [0.25, 0.3) is 0 Å². The van der Waals surface area contributed by atoms with Crippen molar-refractivity contribution in [2.75, 3.05) is 10.6 Å². The minimum absolute atomic E-state index is 0.00817. The fourth-order valence-electron chi connectivity index (χ4n) is 3.28. The fourth-order valence-corrected chi connectivity index (χ4v) is 3.41. The number of nitrogens with one attached hydrogen (secondary N) is 2. The number of allylic oxidation sites excluding steroid dienone is 1. The summed E-state index contributed by atoms with van der Waals surface area (Å²) in [4.78, 5) is 16.6. The second kappa shape index (κ2) is 7.69. The van der Waals surface area contributed by atoms with Crippen LogP contribution >= 0.6 is 11.6 Å². The molecular weight excluding hydrogens is 438 g/mol. The summed E-state index contributed by atoms with van der Waals surface area (Å²) in [6.07, 6.45) is -4.81. The molecule has 3 aromatic rings. The highest BCUT2D eigenvalue weighted by Gasteiger charge is 2.41. The van der Waals surface area contributed by atoms with Gasteiger partial charge in [0.05, 0.1) is 5.57 Å². The lowest BCUT2D eigenvalue weighted by Crippen LogP contribution is -2.32. The Morgan fingerprint density at radius 3 is 2.48 bits per heavy atom. The molecule has 0 radical (unpaired) electrons. The molecule has 6 nitrogen and oxygen atoms in total. The maximum absolute atomic E-state index is 14.7. The predicted molar refractivity (Wildman–Crippen MR) is 106 cm³/mol. The Labute approximate surface area is 178 Å². The topological polar surface area (TPSA) is 71.8 Å². The van der Waals surface area contributed by atoms with Crippen molar-refractivity contribution in [3.05, 3.63) is 82.0 Å². The van der Waals surface area contributed by atoms with Crippen LogP contribution in [0.2, 0.25) is 5.02 Å². The molecule has 0 aliphatic carbocycles. The van der Waals surface area contributed by atoms with Crippen LogP contribution in [0.3, 0.4) is 0 Å². The largest absolute Gasteiger partial charge is 0.453 e. The van der Waals surface area contributed by atoms with E-state index in [4.69, 9.17) is 11.6 Å². The maximum atomic E-state index is 14.7. The van der Waals surface area contributed by atoms with Gasteiger partial charge < -0.3 is 10.6 Å². The van der Waals surface area contributed by atoms with Crippen molar-refractivity contribution in [1.29, 1.82) is 0 Å². The average Bonchev–Trinajstić information content (AvgIpc) is 3.13. The second-order valence-corrected chi connectivity index (χ2v) is 7.19. The number of nitrogens with zero attached hydrogens (tertiary/aromatic N) is 3. The molecule has 0 unspecified atom stereocenters. The Morgan fingerprint density at radius 2 is 1.84 bits per heavy atom. The highest BCUT2D eigenvalue weighted by molar-refractivity contribution is 6.30. The predicted octanol–water partition coefficient (Wildman–Crippen LogP) is 5.02. The number of benzene rings is 2. The first-order valence-corrected chi connectivity index (χ1v) is 9.36. The van der Waals surface area contributed by atoms with Crippen molar-refractivity contribution in [2.45, 2.75) is 19.1 Å². The highest BCUT2D eigenvalue weighted by Crippen LogP contribution is 2.38. The van der Waals surface area contributed by atoms with Gasteiger partial charge in [-0.1, -0.05) is 29.8 Å². The number of alkyl halides is 3. The number of anilines is 2. The van der Waals surface area contributed by atoms with Gasteiger partial charge in [0, 0.05) is 22.0 Å². The quantitative estimate of drug-likeness (QED) is 0.549. The summed E-state index contributed by atoms with van der Waals surface area (Å²) in [6, 6.07) is 10.5. The van der Waals surface area contributed by atoms with Crippen LogP contribution in [0.5, 0.6) is 0 Å². The van der Waals surface area contributed by atoms with Crippen molar-refractivity contribution >= 4 is 29.1 Å². The Balaban J connectivity index is 1.82. The molecule has 0 saturated heterocycles. The molecule has 1 aliphatic heterocycles. The van der Waals surface area contributed by atoms with E-state index in [1.807, 2.05) is 0 Å². The summed E-state index contributed by atoms with van der Waals surface area (Å²) in [5.74, 6) is -2.99. The zero-order valence-corrected chi connectivity index (χ0v) is 16.6. The number of aromatic nitrogens is 3. The van der Waals surface area contributed by atoms with E-state index in [2.05, 4.69) is 20.7 Å². The van der Waals surface area contributed by atoms with Gasteiger partial charge in [0.2, 0.25) is 5.95 Å². The number of carbonyl (C=O) groups is 1. The fraction of sp³-hybridized carbons (Fsp3) is 0.150. The van der Waals surface area contributed by atoms with Gasteiger partial charge in [-0.05, 0) is 37.3 Å².